The van der Waals surface area contributed by atoms with Crippen LogP contribution in [-0.2, 0) is 18.4 Å². The second-order valence-electron chi connectivity index (χ2n) is 12.1. The largest absolute Gasteiger partial charge is 0.472 e. The van der Waals surface area contributed by atoms with Gasteiger partial charge in [-0.15, -0.1) is 0 Å². The van der Waals surface area contributed by atoms with E-state index in [0.29, 0.717) is 12.8 Å². The third-order valence-corrected chi connectivity index (χ3v) is 8.62. The topological polar surface area (TPSA) is 131 Å². The van der Waals surface area contributed by atoms with Gasteiger partial charge >= 0.3 is 7.82 Å². The number of unbranched alkanes of at least 4 members (excludes halogenated alkanes) is 11. The number of hydrogen-bond donors (Lipinski definition) is 4. The summed E-state index contributed by atoms with van der Waals surface area (Å²) < 4.78 is 22.0. The molecule has 3 unspecified atom stereocenters. The maximum atomic E-state index is 12.7. The number of phosphoric ester groups is 1. The van der Waals surface area contributed by atoms with Crippen molar-refractivity contribution in [3.05, 3.63) is 60.8 Å². The molecule has 8 nitrogen and oxygen atoms in total. The van der Waals surface area contributed by atoms with Gasteiger partial charge in [0.15, 0.2) is 0 Å². The first-order valence-corrected chi connectivity index (χ1v) is 19.9. The zero-order valence-corrected chi connectivity index (χ0v) is 30.6. The second-order valence-corrected chi connectivity index (χ2v) is 13.5. The Morgan fingerprint density at radius 3 is 1.72 bits per heavy atom. The summed E-state index contributed by atoms with van der Waals surface area (Å²) in [6.07, 6.45) is 40.9. The van der Waals surface area contributed by atoms with Crippen molar-refractivity contribution in [2.75, 3.05) is 19.8 Å². The number of allylic oxidation sites excluding steroid dienone is 10. The first kappa shape index (κ1) is 45.2. The van der Waals surface area contributed by atoms with E-state index in [1.807, 2.05) is 0 Å². The fourth-order valence-corrected chi connectivity index (χ4v) is 5.64. The summed E-state index contributed by atoms with van der Waals surface area (Å²) in [6.45, 7) is 4.01. The van der Waals surface area contributed by atoms with E-state index in [1.165, 1.54) is 51.4 Å². The molecule has 0 saturated carbocycles. The number of aliphatic hydroxyl groups is 1. The second kappa shape index (κ2) is 34.1. The third-order valence-electron chi connectivity index (χ3n) is 7.64. The van der Waals surface area contributed by atoms with E-state index in [2.05, 4.69) is 79.9 Å². The zero-order chi connectivity index (χ0) is 34.7. The number of nitrogens with two attached hydrogens (primary N) is 1. The smallest absolute Gasteiger partial charge is 0.391 e. The fraction of sp³-hybridized carbons (Fsp3) is 0.711. The summed E-state index contributed by atoms with van der Waals surface area (Å²) in [5.41, 5.74) is 5.35. The van der Waals surface area contributed by atoms with Crippen molar-refractivity contribution in [1.82, 2.24) is 5.32 Å². The highest BCUT2D eigenvalue weighted by Gasteiger charge is 2.27. The van der Waals surface area contributed by atoms with Crippen LogP contribution in [0.5, 0.6) is 0 Å². The van der Waals surface area contributed by atoms with Gasteiger partial charge in [0.05, 0.1) is 25.4 Å². The fourth-order valence-electron chi connectivity index (χ4n) is 4.88. The lowest BCUT2D eigenvalue weighted by Gasteiger charge is -2.25. The van der Waals surface area contributed by atoms with E-state index in [0.717, 1.165) is 57.8 Å². The van der Waals surface area contributed by atoms with Crippen LogP contribution in [-0.4, -0.2) is 47.8 Å². The molecule has 0 saturated heterocycles. The Balaban J connectivity index is 4.39. The van der Waals surface area contributed by atoms with E-state index in [1.54, 1.807) is 0 Å². The number of amides is 1. The molecule has 5 N–H and O–H groups in total. The summed E-state index contributed by atoms with van der Waals surface area (Å²) >= 11 is 0. The van der Waals surface area contributed by atoms with Gasteiger partial charge in [-0.25, -0.2) is 4.57 Å². The SMILES string of the molecule is CC/C=C\C/C=C\C/C=C\C/C=C\C/C=C\CCCC(=O)NC(COP(=O)(O)OCCN)C(O)CCCCCCCCCCCCC. The molecule has 0 fully saturated rings. The quantitative estimate of drug-likeness (QED) is 0.0308. The van der Waals surface area contributed by atoms with Gasteiger partial charge in [-0.05, 0) is 51.4 Å². The Labute approximate surface area is 287 Å². The van der Waals surface area contributed by atoms with Crippen LogP contribution in [0.15, 0.2) is 60.8 Å². The molecule has 9 heteroatoms. The molecule has 0 rings (SSSR count). The highest BCUT2D eigenvalue weighted by Crippen LogP contribution is 2.43. The van der Waals surface area contributed by atoms with Crippen LogP contribution in [0.2, 0.25) is 0 Å². The first-order chi connectivity index (χ1) is 22.9. The van der Waals surface area contributed by atoms with Crippen LogP contribution in [0.25, 0.3) is 0 Å². The van der Waals surface area contributed by atoms with Crippen molar-refractivity contribution >= 4 is 13.7 Å². The molecule has 0 bridgehead atoms. The molecule has 0 aromatic heterocycles. The predicted molar refractivity (Wildman–Crippen MR) is 198 cm³/mol. The molecule has 3 atom stereocenters. The number of hydrogen-bond acceptors (Lipinski definition) is 6. The van der Waals surface area contributed by atoms with E-state index in [-0.39, 0.29) is 32.1 Å². The van der Waals surface area contributed by atoms with Gasteiger partial charge in [-0.3, -0.25) is 13.8 Å². The van der Waals surface area contributed by atoms with Crippen molar-refractivity contribution in [3.63, 3.8) is 0 Å². The van der Waals surface area contributed by atoms with Gasteiger partial charge in [-0.2, -0.15) is 0 Å². The Morgan fingerprint density at radius 2 is 1.21 bits per heavy atom. The van der Waals surface area contributed by atoms with E-state index >= 15 is 0 Å². The molecule has 0 aliphatic heterocycles. The van der Waals surface area contributed by atoms with Crippen molar-refractivity contribution in [3.8, 4) is 0 Å². The number of aliphatic hydroxyl groups excluding tert-OH is 1. The van der Waals surface area contributed by atoms with Crippen molar-refractivity contribution in [1.29, 1.82) is 0 Å². The maximum Gasteiger partial charge on any atom is 0.472 e. The molecule has 0 aliphatic rings. The summed E-state index contributed by atoms with van der Waals surface area (Å²) in [5, 5.41) is 13.7. The molecule has 0 spiro atoms. The molecule has 0 radical (unpaired) electrons. The minimum absolute atomic E-state index is 0.0768. The summed E-state index contributed by atoms with van der Waals surface area (Å²) in [7, 11) is -4.32. The summed E-state index contributed by atoms with van der Waals surface area (Å²) in [5.74, 6) is -0.223. The van der Waals surface area contributed by atoms with Crippen LogP contribution < -0.4 is 11.1 Å². The molecule has 272 valence electrons. The number of nitrogens with one attached hydrogen (secondary N) is 1. The minimum atomic E-state index is -4.32. The normalized spacial score (nSPS) is 15.1. The van der Waals surface area contributed by atoms with Crippen LogP contribution in [0.4, 0.5) is 0 Å². The molecule has 0 heterocycles. The van der Waals surface area contributed by atoms with Gasteiger partial charge in [0, 0.05) is 13.0 Å². The monoisotopic (exact) mass is 680 g/mol. The van der Waals surface area contributed by atoms with E-state index in [4.69, 9.17) is 14.8 Å². The third kappa shape index (κ3) is 32.5. The minimum Gasteiger partial charge on any atom is -0.391 e. The van der Waals surface area contributed by atoms with Gasteiger partial charge in [0.25, 0.3) is 0 Å². The van der Waals surface area contributed by atoms with Crippen molar-refractivity contribution in [2.45, 2.75) is 154 Å². The van der Waals surface area contributed by atoms with Crippen LogP contribution in [0.1, 0.15) is 142 Å². The average Bonchev–Trinajstić information content (AvgIpc) is 3.05. The predicted octanol–water partition coefficient (Wildman–Crippen LogP) is 9.55. The first-order valence-electron chi connectivity index (χ1n) is 18.4. The number of phosphoric acid groups is 1. The maximum absolute atomic E-state index is 12.7. The lowest BCUT2D eigenvalue weighted by atomic mass is 10.0. The molecule has 0 aliphatic carbocycles. The Morgan fingerprint density at radius 1 is 0.723 bits per heavy atom. The molecule has 47 heavy (non-hydrogen) atoms. The Kier molecular flexibility index (Phi) is 32.8. The molecule has 0 aromatic carbocycles. The summed E-state index contributed by atoms with van der Waals surface area (Å²) in [6, 6.07) is -0.804. The van der Waals surface area contributed by atoms with Gasteiger partial charge < -0.3 is 21.1 Å². The van der Waals surface area contributed by atoms with Crippen LogP contribution in [0.3, 0.4) is 0 Å². The van der Waals surface area contributed by atoms with Gasteiger partial charge in [-0.1, -0.05) is 145 Å². The van der Waals surface area contributed by atoms with Crippen LogP contribution in [0, 0.1) is 0 Å². The zero-order valence-electron chi connectivity index (χ0n) is 29.7. The van der Waals surface area contributed by atoms with Gasteiger partial charge in [0.1, 0.15) is 0 Å². The Bertz CT molecular complexity index is 918. The van der Waals surface area contributed by atoms with Gasteiger partial charge in [0.2, 0.25) is 5.91 Å². The molecular weight excluding hydrogens is 611 g/mol. The molecular formula is C38H69N2O6P. The summed E-state index contributed by atoms with van der Waals surface area (Å²) in [4.78, 5) is 22.6. The average molecular weight is 681 g/mol. The molecule has 0 aromatic rings. The van der Waals surface area contributed by atoms with E-state index < -0.39 is 20.0 Å². The standard InChI is InChI=1S/C38H69N2O6P/c1-3-5-7-9-11-13-15-16-17-18-19-20-22-24-26-28-30-32-38(42)40-36(35-46-47(43,44)45-34-33-39)37(41)31-29-27-25-23-21-14-12-10-8-6-4-2/h5,7,11,13,16-17,19-20,24,26,36-37,41H,3-4,6,8-10,12,14-15,18,21-23,25,27-35,39H2,1-2H3,(H,40,42)(H,43,44)/b7-5-,13-11-,17-16-,20-19-,26-24-. The highest BCUT2D eigenvalue weighted by molar-refractivity contribution is 7.47. The Hall–Kier alpha value is -1.80. The number of rotatable bonds is 33. The van der Waals surface area contributed by atoms with Crippen LogP contribution >= 0.6 is 7.82 Å². The lowest BCUT2D eigenvalue weighted by Crippen LogP contribution is -2.46. The molecule has 1 amide bonds. The van der Waals surface area contributed by atoms with E-state index in [9.17, 15) is 19.4 Å². The highest BCUT2D eigenvalue weighted by atomic mass is 31.2. The lowest BCUT2D eigenvalue weighted by molar-refractivity contribution is -0.123. The number of carbonyl (C=O) groups excluding carboxylic acids is 1. The van der Waals surface area contributed by atoms with Crippen molar-refractivity contribution < 1.29 is 28.4 Å². The number of carbonyl (C=O) groups is 1. The van der Waals surface area contributed by atoms with Crippen molar-refractivity contribution in [2.24, 2.45) is 5.73 Å².